The highest BCUT2D eigenvalue weighted by Gasteiger charge is 2.26. The number of nitrogens with one attached hydrogen (secondary N) is 2. The van der Waals surface area contributed by atoms with Crippen LogP contribution in [0, 0.1) is 15.9 Å². The molecule has 9 nitrogen and oxygen atoms in total. The van der Waals surface area contributed by atoms with Crippen LogP contribution in [0.2, 0.25) is 0 Å². The standard InChI is InChI=1S/C10H16FN5O4S/c1-15(2)4-3-13-21(19,20)10-8(11)5-7(16(17)18)6-9(10)14-12/h5-6,13-14H,3-4,12H2,1-2H3. The van der Waals surface area contributed by atoms with Crippen LogP contribution in [-0.4, -0.2) is 45.4 Å². The maximum absolute atomic E-state index is 13.9. The molecule has 21 heavy (non-hydrogen) atoms. The van der Waals surface area contributed by atoms with Gasteiger partial charge in [0, 0.05) is 19.2 Å². The van der Waals surface area contributed by atoms with Gasteiger partial charge in [-0.3, -0.25) is 16.0 Å². The molecule has 118 valence electrons. The van der Waals surface area contributed by atoms with Crippen molar-refractivity contribution in [2.75, 3.05) is 32.6 Å². The number of hydrazine groups is 1. The lowest BCUT2D eigenvalue weighted by atomic mass is 10.3. The van der Waals surface area contributed by atoms with Gasteiger partial charge in [-0.2, -0.15) is 0 Å². The van der Waals surface area contributed by atoms with Gasteiger partial charge in [-0.1, -0.05) is 0 Å². The molecule has 11 heteroatoms. The molecule has 1 rings (SSSR count). The summed E-state index contributed by atoms with van der Waals surface area (Å²) in [6.45, 7) is 0.453. The number of sulfonamides is 1. The van der Waals surface area contributed by atoms with Crippen molar-refractivity contribution < 1.29 is 17.7 Å². The minimum Gasteiger partial charge on any atom is -0.323 e. The highest BCUT2D eigenvalue weighted by molar-refractivity contribution is 7.89. The van der Waals surface area contributed by atoms with Crippen LogP contribution in [0.25, 0.3) is 0 Å². The van der Waals surface area contributed by atoms with Crippen LogP contribution in [0.4, 0.5) is 15.8 Å². The Hall–Kier alpha value is -1.82. The van der Waals surface area contributed by atoms with Crippen molar-refractivity contribution in [2.45, 2.75) is 4.90 Å². The van der Waals surface area contributed by atoms with Crippen LogP contribution in [0.15, 0.2) is 17.0 Å². The van der Waals surface area contributed by atoms with Gasteiger partial charge in [0.05, 0.1) is 16.7 Å². The number of rotatable bonds is 7. The molecule has 0 fully saturated rings. The summed E-state index contributed by atoms with van der Waals surface area (Å²) in [6, 6.07) is 1.38. The predicted octanol–water partition coefficient (Wildman–Crippen LogP) is -0.141. The molecule has 0 saturated carbocycles. The van der Waals surface area contributed by atoms with E-state index in [1.807, 2.05) is 5.43 Å². The lowest BCUT2D eigenvalue weighted by molar-refractivity contribution is -0.385. The molecule has 0 aliphatic carbocycles. The molecule has 0 heterocycles. The summed E-state index contributed by atoms with van der Waals surface area (Å²) in [5.74, 6) is 3.87. The first-order chi connectivity index (χ1) is 9.69. The van der Waals surface area contributed by atoms with Crippen LogP contribution < -0.4 is 16.0 Å². The Kier molecular flexibility index (Phi) is 5.54. The van der Waals surface area contributed by atoms with E-state index in [2.05, 4.69) is 4.72 Å². The summed E-state index contributed by atoms with van der Waals surface area (Å²) < 4.78 is 40.2. The summed E-state index contributed by atoms with van der Waals surface area (Å²) in [5, 5.41) is 10.6. The van der Waals surface area contributed by atoms with Crippen molar-refractivity contribution in [1.29, 1.82) is 0 Å². The number of nitrogens with zero attached hydrogens (tertiary/aromatic N) is 2. The number of benzene rings is 1. The number of hydrogen-bond acceptors (Lipinski definition) is 7. The Morgan fingerprint density at radius 2 is 2.05 bits per heavy atom. The van der Waals surface area contributed by atoms with E-state index in [1.54, 1.807) is 19.0 Å². The quantitative estimate of drug-likeness (QED) is 0.362. The van der Waals surface area contributed by atoms with E-state index in [9.17, 15) is 22.9 Å². The van der Waals surface area contributed by atoms with Gasteiger partial charge < -0.3 is 10.3 Å². The van der Waals surface area contributed by atoms with Crippen molar-refractivity contribution in [3.63, 3.8) is 0 Å². The van der Waals surface area contributed by atoms with Gasteiger partial charge in [-0.05, 0) is 14.1 Å². The third-order valence-corrected chi connectivity index (χ3v) is 4.05. The molecule has 0 aliphatic rings. The maximum atomic E-state index is 13.9. The number of nitro groups is 1. The lowest BCUT2D eigenvalue weighted by Crippen LogP contribution is -2.32. The van der Waals surface area contributed by atoms with E-state index >= 15 is 0 Å². The molecule has 0 bridgehead atoms. The Balaban J connectivity index is 3.19. The molecular formula is C10H16FN5O4S. The second-order valence-corrected chi connectivity index (χ2v) is 6.11. The summed E-state index contributed by atoms with van der Waals surface area (Å²) >= 11 is 0. The number of halogens is 1. The fourth-order valence-electron chi connectivity index (χ4n) is 1.54. The van der Waals surface area contributed by atoms with E-state index in [4.69, 9.17) is 5.84 Å². The molecular weight excluding hydrogens is 305 g/mol. The van der Waals surface area contributed by atoms with Crippen molar-refractivity contribution >= 4 is 21.4 Å². The predicted molar refractivity (Wildman–Crippen MR) is 74.6 cm³/mol. The van der Waals surface area contributed by atoms with Crippen molar-refractivity contribution in [1.82, 2.24) is 9.62 Å². The molecule has 1 aromatic carbocycles. The number of nitrogens with two attached hydrogens (primary N) is 1. The zero-order valence-corrected chi connectivity index (χ0v) is 12.3. The Morgan fingerprint density at radius 3 is 2.52 bits per heavy atom. The number of nitro benzene ring substituents is 1. The van der Waals surface area contributed by atoms with Crippen LogP contribution in [0.5, 0.6) is 0 Å². The van der Waals surface area contributed by atoms with E-state index in [-0.39, 0.29) is 12.2 Å². The van der Waals surface area contributed by atoms with E-state index in [0.29, 0.717) is 12.6 Å². The average Bonchev–Trinajstić information content (AvgIpc) is 2.36. The third-order valence-electron chi connectivity index (χ3n) is 2.51. The SMILES string of the molecule is CN(C)CCNS(=O)(=O)c1c(F)cc([N+](=O)[O-])cc1NN. The maximum Gasteiger partial charge on any atom is 0.274 e. The van der Waals surface area contributed by atoms with Gasteiger partial charge in [0.2, 0.25) is 10.0 Å². The highest BCUT2D eigenvalue weighted by atomic mass is 32.2. The van der Waals surface area contributed by atoms with Crippen molar-refractivity contribution in [2.24, 2.45) is 5.84 Å². The molecule has 1 aromatic rings. The monoisotopic (exact) mass is 321 g/mol. The minimum absolute atomic E-state index is 0.0514. The second-order valence-electron chi connectivity index (χ2n) is 4.41. The smallest absolute Gasteiger partial charge is 0.274 e. The molecule has 0 radical (unpaired) electrons. The van der Waals surface area contributed by atoms with Gasteiger partial charge in [0.25, 0.3) is 5.69 Å². The van der Waals surface area contributed by atoms with Gasteiger partial charge in [0.15, 0.2) is 5.82 Å². The average molecular weight is 321 g/mol. The first-order valence-electron chi connectivity index (χ1n) is 5.78. The zero-order valence-electron chi connectivity index (χ0n) is 11.5. The lowest BCUT2D eigenvalue weighted by Gasteiger charge is -2.13. The molecule has 0 spiro atoms. The molecule has 4 N–H and O–H groups in total. The highest BCUT2D eigenvalue weighted by Crippen LogP contribution is 2.28. The molecule has 0 saturated heterocycles. The molecule has 0 amide bonds. The van der Waals surface area contributed by atoms with Gasteiger partial charge in [-0.15, -0.1) is 0 Å². The Bertz CT molecular complexity index is 635. The molecule has 0 aliphatic heterocycles. The first-order valence-corrected chi connectivity index (χ1v) is 7.26. The van der Waals surface area contributed by atoms with Gasteiger partial charge in [-0.25, -0.2) is 17.5 Å². The molecule has 0 aromatic heterocycles. The molecule has 0 unspecified atom stereocenters. The number of anilines is 1. The first kappa shape index (κ1) is 17.2. The summed E-state index contributed by atoms with van der Waals surface area (Å²) in [5.41, 5.74) is 0.969. The summed E-state index contributed by atoms with van der Waals surface area (Å²) in [6.07, 6.45) is 0. The van der Waals surface area contributed by atoms with Crippen LogP contribution in [-0.2, 0) is 10.0 Å². The number of nitrogen functional groups attached to an aromatic ring is 1. The Morgan fingerprint density at radius 1 is 1.43 bits per heavy atom. The zero-order chi connectivity index (χ0) is 16.2. The number of non-ortho nitro benzene ring substituents is 1. The minimum atomic E-state index is -4.19. The summed E-state index contributed by atoms with van der Waals surface area (Å²) in [7, 11) is -0.701. The van der Waals surface area contributed by atoms with Gasteiger partial charge in [0.1, 0.15) is 4.90 Å². The fourth-order valence-corrected chi connectivity index (χ4v) is 2.77. The largest absolute Gasteiger partial charge is 0.323 e. The normalized spacial score (nSPS) is 11.7. The van der Waals surface area contributed by atoms with Crippen LogP contribution >= 0.6 is 0 Å². The van der Waals surface area contributed by atoms with Crippen LogP contribution in [0.1, 0.15) is 0 Å². The molecule has 0 atom stereocenters. The fraction of sp³-hybridized carbons (Fsp3) is 0.400. The number of likely N-dealkylation sites (N-methyl/N-ethyl adjacent to an activating group) is 1. The van der Waals surface area contributed by atoms with Gasteiger partial charge >= 0.3 is 0 Å². The topological polar surface area (TPSA) is 131 Å². The van der Waals surface area contributed by atoms with Crippen molar-refractivity contribution in [3.8, 4) is 0 Å². The van der Waals surface area contributed by atoms with E-state index in [0.717, 1.165) is 6.07 Å². The van der Waals surface area contributed by atoms with E-state index < -0.39 is 31.3 Å². The van der Waals surface area contributed by atoms with Crippen molar-refractivity contribution in [3.05, 3.63) is 28.1 Å². The summed E-state index contributed by atoms with van der Waals surface area (Å²) in [4.78, 5) is 10.8. The third kappa shape index (κ3) is 4.32. The van der Waals surface area contributed by atoms with Crippen LogP contribution in [0.3, 0.4) is 0 Å². The second kappa shape index (κ2) is 6.76. The Labute approximate surface area is 121 Å². The number of hydrogen-bond donors (Lipinski definition) is 3. The van der Waals surface area contributed by atoms with E-state index in [1.165, 1.54) is 0 Å².